The molecule has 1 unspecified atom stereocenters. The Morgan fingerprint density at radius 1 is 1.67 bits per heavy atom. The maximum atomic E-state index is 9.55. The zero-order valence-corrected chi connectivity index (χ0v) is 8.63. The van der Waals surface area contributed by atoms with Gasteiger partial charge in [0.25, 0.3) is 0 Å². The van der Waals surface area contributed by atoms with E-state index in [1.165, 1.54) is 0 Å². The van der Waals surface area contributed by atoms with Gasteiger partial charge >= 0.3 is 72.9 Å². The predicted octanol–water partition coefficient (Wildman–Crippen LogP) is 1.18. The van der Waals surface area contributed by atoms with Crippen molar-refractivity contribution in [3.8, 4) is 12.3 Å². The molecule has 0 aromatic heterocycles. The SMILES string of the molecule is C#CC1CO[PH](C)(O)OC1(C)C. The van der Waals surface area contributed by atoms with Crippen LogP contribution in [0.15, 0.2) is 0 Å². The van der Waals surface area contributed by atoms with Crippen molar-refractivity contribution >= 4 is 7.94 Å². The molecule has 0 saturated carbocycles. The molecule has 0 aromatic rings. The van der Waals surface area contributed by atoms with Crippen molar-refractivity contribution in [2.75, 3.05) is 13.3 Å². The van der Waals surface area contributed by atoms with Gasteiger partial charge in [0.05, 0.1) is 0 Å². The summed E-state index contributed by atoms with van der Waals surface area (Å²) in [5.74, 6) is 2.51. The Bertz CT molecular complexity index is 217. The third kappa shape index (κ3) is 1.97. The van der Waals surface area contributed by atoms with E-state index in [0.717, 1.165) is 0 Å². The summed E-state index contributed by atoms with van der Waals surface area (Å²) in [6, 6.07) is 0. The van der Waals surface area contributed by atoms with Crippen LogP contribution in [0.4, 0.5) is 0 Å². The summed E-state index contributed by atoms with van der Waals surface area (Å²) in [7, 11) is -2.88. The van der Waals surface area contributed by atoms with Crippen LogP contribution in [-0.2, 0) is 9.05 Å². The molecule has 0 bridgehead atoms. The topological polar surface area (TPSA) is 38.7 Å². The third-order valence-corrected chi connectivity index (χ3v) is 3.62. The molecule has 0 spiro atoms. The van der Waals surface area contributed by atoms with Crippen molar-refractivity contribution < 1.29 is 13.9 Å². The van der Waals surface area contributed by atoms with E-state index < -0.39 is 13.5 Å². The van der Waals surface area contributed by atoms with E-state index in [0.29, 0.717) is 6.61 Å². The Morgan fingerprint density at radius 2 is 2.25 bits per heavy atom. The van der Waals surface area contributed by atoms with Gasteiger partial charge in [-0.3, -0.25) is 0 Å². The summed E-state index contributed by atoms with van der Waals surface area (Å²) in [4.78, 5) is 9.55. The molecular weight excluding hydrogens is 175 g/mol. The summed E-state index contributed by atoms with van der Waals surface area (Å²) >= 11 is 0. The summed E-state index contributed by atoms with van der Waals surface area (Å²) in [5, 5.41) is 0. The molecule has 1 fully saturated rings. The predicted molar refractivity (Wildman–Crippen MR) is 49.9 cm³/mol. The van der Waals surface area contributed by atoms with Crippen LogP contribution in [0, 0.1) is 18.3 Å². The van der Waals surface area contributed by atoms with Gasteiger partial charge in [0.15, 0.2) is 0 Å². The van der Waals surface area contributed by atoms with Crippen LogP contribution >= 0.6 is 7.94 Å². The van der Waals surface area contributed by atoms with Gasteiger partial charge in [-0.15, -0.1) is 0 Å². The molecule has 12 heavy (non-hydrogen) atoms. The number of terminal acetylenes is 1. The molecule has 1 rings (SSSR count). The molecule has 1 atom stereocenters. The van der Waals surface area contributed by atoms with E-state index in [1.807, 2.05) is 13.8 Å². The van der Waals surface area contributed by atoms with Crippen LogP contribution in [0.1, 0.15) is 13.8 Å². The molecule has 0 aliphatic carbocycles. The Balaban J connectivity index is 2.76. The van der Waals surface area contributed by atoms with Gasteiger partial charge in [0, 0.05) is 0 Å². The molecule has 0 radical (unpaired) electrons. The van der Waals surface area contributed by atoms with Gasteiger partial charge in [-0.05, 0) is 0 Å². The van der Waals surface area contributed by atoms with E-state index in [2.05, 4.69) is 5.92 Å². The Morgan fingerprint density at radius 3 is 2.67 bits per heavy atom. The Labute approximate surface area is 73.7 Å². The number of rotatable bonds is 0. The second kappa shape index (κ2) is 2.97. The number of hydrogen-bond donors (Lipinski definition) is 1. The standard InChI is InChI=1S/C8H15O3P/c1-5-7-6-10-12(4,9)11-8(7,2)3/h1,7,9,12H,6H2,2-4H3. The Hall–Kier alpha value is -0.130. The molecule has 1 N–H and O–H groups in total. The molecule has 3 nitrogen and oxygen atoms in total. The molecule has 0 aromatic carbocycles. The molecule has 4 heteroatoms. The van der Waals surface area contributed by atoms with Crippen molar-refractivity contribution in [1.82, 2.24) is 0 Å². The maximum absolute atomic E-state index is 9.55. The van der Waals surface area contributed by atoms with Crippen molar-refractivity contribution in [3.05, 3.63) is 0 Å². The van der Waals surface area contributed by atoms with Crippen LogP contribution in [0.5, 0.6) is 0 Å². The van der Waals surface area contributed by atoms with Gasteiger partial charge in [-0.2, -0.15) is 0 Å². The van der Waals surface area contributed by atoms with Crippen LogP contribution in [0.3, 0.4) is 0 Å². The van der Waals surface area contributed by atoms with Crippen molar-refractivity contribution in [3.63, 3.8) is 0 Å². The van der Waals surface area contributed by atoms with Gasteiger partial charge in [0.1, 0.15) is 0 Å². The van der Waals surface area contributed by atoms with Crippen LogP contribution < -0.4 is 0 Å². The minimum atomic E-state index is -2.88. The summed E-state index contributed by atoms with van der Waals surface area (Å²) in [5.41, 5.74) is -0.470. The minimum absolute atomic E-state index is 0.0785. The fourth-order valence-electron chi connectivity index (χ4n) is 1.28. The second-order valence-electron chi connectivity index (χ2n) is 3.63. The van der Waals surface area contributed by atoms with E-state index >= 15 is 0 Å². The average Bonchev–Trinajstić information content (AvgIpc) is 1.83. The summed E-state index contributed by atoms with van der Waals surface area (Å²) < 4.78 is 10.5. The van der Waals surface area contributed by atoms with E-state index in [1.54, 1.807) is 6.66 Å². The number of hydrogen-bond acceptors (Lipinski definition) is 3. The first kappa shape index (κ1) is 9.95. The van der Waals surface area contributed by atoms with Crippen LogP contribution in [-0.4, -0.2) is 23.8 Å². The normalized spacial score (nSPS) is 35.1. The van der Waals surface area contributed by atoms with Crippen LogP contribution in [0.25, 0.3) is 0 Å². The Kier molecular flexibility index (Phi) is 2.47. The summed E-state index contributed by atoms with van der Waals surface area (Å²) in [6.45, 7) is 5.74. The zero-order valence-electron chi connectivity index (χ0n) is 7.63. The van der Waals surface area contributed by atoms with Crippen LogP contribution in [0.2, 0.25) is 0 Å². The zero-order chi connectivity index (χ0) is 9.41. The molecular formula is C8H15O3P. The molecule has 1 saturated heterocycles. The molecule has 70 valence electrons. The van der Waals surface area contributed by atoms with Crippen molar-refractivity contribution in [2.45, 2.75) is 19.4 Å². The summed E-state index contributed by atoms with van der Waals surface area (Å²) in [6.07, 6.45) is 5.29. The molecule has 1 aliphatic rings. The van der Waals surface area contributed by atoms with E-state index in [-0.39, 0.29) is 5.92 Å². The first-order chi connectivity index (χ1) is 5.37. The van der Waals surface area contributed by atoms with E-state index in [4.69, 9.17) is 15.5 Å². The average molecular weight is 190 g/mol. The second-order valence-corrected chi connectivity index (χ2v) is 5.92. The van der Waals surface area contributed by atoms with Crippen molar-refractivity contribution in [2.24, 2.45) is 5.92 Å². The molecule has 1 heterocycles. The van der Waals surface area contributed by atoms with Gasteiger partial charge in [-0.25, -0.2) is 0 Å². The fraction of sp³-hybridized carbons (Fsp3) is 0.750. The van der Waals surface area contributed by atoms with Gasteiger partial charge in [-0.1, -0.05) is 0 Å². The van der Waals surface area contributed by atoms with Gasteiger partial charge in [0.2, 0.25) is 0 Å². The fourth-order valence-corrected chi connectivity index (χ4v) is 2.93. The van der Waals surface area contributed by atoms with Crippen molar-refractivity contribution in [1.29, 1.82) is 0 Å². The quantitative estimate of drug-likeness (QED) is 0.460. The first-order valence-electron chi connectivity index (χ1n) is 3.90. The monoisotopic (exact) mass is 190 g/mol. The van der Waals surface area contributed by atoms with Gasteiger partial charge < -0.3 is 0 Å². The molecule has 0 amide bonds. The first-order valence-corrected chi connectivity index (χ1v) is 6.16. The van der Waals surface area contributed by atoms with E-state index in [9.17, 15) is 4.89 Å². The molecule has 1 aliphatic heterocycles. The third-order valence-electron chi connectivity index (χ3n) is 2.01.